The Kier molecular flexibility index (Phi) is 7.67. The van der Waals surface area contributed by atoms with Crippen molar-refractivity contribution in [1.82, 2.24) is 9.21 Å². The maximum absolute atomic E-state index is 13.2. The van der Waals surface area contributed by atoms with Crippen LogP contribution in [0.3, 0.4) is 0 Å². The summed E-state index contributed by atoms with van der Waals surface area (Å²) in [6.07, 6.45) is 5.56. The molecule has 0 spiro atoms. The number of hydrogen-bond acceptors (Lipinski definition) is 3. The Morgan fingerprint density at radius 2 is 1.69 bits per heavy atom. The lowest BCUT2D eigenvalue weighted by Crippen LogP contribution is -2.41. The fourth-order valence-electron chi connectivity index (χ4n) is 3.66. The standard InChI is InChI=1S/C19H29BrN2O3S/c1-4-21(5-2)26(24,25)16-12-13-18(20)17(14-16)19(23)22(6-3)15-10-8-7-9-11-15/h12-15H,4-11H2,1-3H3. The van der Waals surface area contributed by atoms with Gasteiger partial charge in [-0.3, -0.25) is 4.79 Å². The lowest BCUT2D eigenvalue weighted by atomic mass is 9.93. The van der Waals surface area contributed by atoms with Crippen LogP contribution >= 0.6 is 15.9 Å². The van der Waals surface area contributed by atoms with Gasteiger partial charge in [0.15, 0.2) is 0 Å². The van der Waals surface area contributed by atoms with Crippen LogP contribution in [0.4, 0.5) is 0 Å². The molecule has 1 aliphatic carbocycles. The molecule has 0 radical (unpaired) electrons. The Labute approximate surface area is 165 Å². The van der Waals surface area contributed by atoms with Gasteiger partial charge in [-0.2, -0.15) is 4.31 Å². The van der Waals surface area contributed by atoms with E-state index in [1.54, 1.807) is 12.1 Å². The van der Waals surface area contributed by atoms with Crippen LogP contribution in [-0.2, 0) is 10.0 Å². The van der Waals surface area contributed by atoms with E-state index in [0.717, 1.165) is 25.7 Å². The smallest absolute Gasteiger partial charge is 0.255 e. The molecule has 0 bridgehead atoms. The van der Waals surface area contributed by atoms with Gasteiger partial charge in [0.1, 0.15) is 0 Å². The normalized spacial score (nSPS) is 16.0. The van der Waals surface area contributed by atoms with Crippen LogP contribution in [0.15, 0.2) is 27.6 Å². The van der Waals surface area contributed by atoms with Gasteiger partial charge < -0.3 is 4.90 Å². The lowest BCUT2D eigenvalue weighted by molar-refractivity contribution is 0.0646. The molecule has 1 saturated carbocycles. The van der Waals surface area contributed by atoms with E-state index in [0.29, 0.717) is 29.7 Å². The molecule has 0 atom stereocenters. The second-order valence-electron chi connectivity index (χ2n) is 6.61. The number of amides is 1. The van der Waals surface area contributed by atoms with Crippen LogP contribution in [-0.4, -0.2) is 49.2 Å². The molecule has 1 aromatic rings. The molecule has 26 heavy (non-hydrogen) atoms. The van der Waals surface area contributed by atoms with Crippen molar-refractivity contribution in [3.8, 4) is 0 Å². The van der Waals surface area contributed by atoms with Crippen molar-refractivity contribution in [2.24, 2.45) is 0 Å². The number of rotatable bonds is 7. The molecule has 0 N–H and O–H groups in total. The number of carbonyl (C=O) groups excluding carboxylic acids is 1. The summed E-state index contributed by atoms with van der Waals surface area (Å²) in [6.45, 7) is 7.05. The molecule has 0 aromatic heterocycles. The zero-order valence-electron chi connectivity index (χ0n) is 15.9. The van der Waals surface area contributed by atoms with E-state index in [9.17, 15) is 13.2 Å². The van der Waals surface area contributed by atoms with Crippen LogP contribution < -0.4 is 0 Å². The highest BCUT2D eigenvalue weighted by molar-refractivity contribution is 9.10. The first-order chi connectivity index (χ1) is 12.4. The summed E-state index contributed by atoms with van der Waals surface area (Å²) in [4.78, 5) is 15.2. The predicted octanol–water partition coefficient (Wildman–Crippen LogP) is 4.27. The van der Waals surface area contributed by atoms with Crippen molar-refractivity contribution in [3.63, 3.8) is 0 Å². The first-order valence-electron chi connectivity index (χ1n) is 9.47. The maximum Gasteiger partial charge on any atom is 0.255 e. The molecule has 0 saturated heterocycles. The fraction of sp³-hybridized carbons (Fsp3) is 0.632. The zero-order valence-corrected chi connectivity index (χ0v) is 18.3. The van der Waals surface area contributed by atoms with Gasteiger partial charge in [0, 0.05) is 30.1 Å². The molecule has 1 aromatic carbocycles. The van der Waals surface area contributed by atoms with Crippen molar-refractivity contribution in [2.75, 3.05) is 19.6 Å². The molecule has 2 rings (SSSR count). The second-order valence-corrected chi connectivity index (χ2v) is 9.41. The van der Waals surface area contributed by atoms with Crippen molar-refractivity contribution in [3.05, 3.63) is 28.2 Å². The van der Waals surface area contributed by atoms with E-state index in [-0.39, 0.29) is 16.8 Å². The largest absolute Gasteiger partial charge is 0.336 e. The van der Waals surface area contributed by atoms with Gasteiger partial charge in [-0.25, -0.2) is 8.42 Å². The third kappa shape index (κ3) is 4.49. The number of halogens is 1. The summed E-state index contributed by atoms with van der Waals surface area (Å²) in [5, 5.41) is 0. The van der Waals surface area contributed by atoms with Crippen molar-refractivity contribution < 1.29 is 13.2 Å². The number of carbonyl (C=O) groups is 1. The molecule has 5 nitrogen and oxygen atoms in total. The highest BCUT2D eigenvalue weighted by atomic mass is 79.9. The Morgan fingerprint density at radius 1 is 1.08 bits per heavy atom. The molecule has 1 amide bonds. The molecule has 146 valence electrons. The van der Waals surface area contributed by atoms with Gasteiger partial charge in [-0.15, -0.1) is 0 Å². The molecular formula is C19H29BrN2O3S. The Hall–Kier alpha value is -0.920. The Bertz CT molecular complexity index is 726. The van der Waals surface area contributed by atoms with E-state index in [1.165, 1.54) is 16.8 Å². The SMILES string of the molecule is CCN(C(=O)c1cc(S(=O)(=O)N(CC)CC)ccc1Br)C1CCCCC1. The molecule has 0 unspecified atom stereocenters. The molecule has 1 fully saturated rings. The zero-order chi connectivity index (χ0) is 19.3. The average molecular weight is 445 g/mol. The van der Waals surface area contributed by atoms with Gasteiger partial charge in [0.25, 0.3) is 5.91 Å². The van der Waals surface area contributed by atoms with E-state index < -0.39 is 10.0 Å². The van der Waals surface area contributed by atoms with Gasteiger partial charge in [0.05, 0.1) is 10.5 Å². The predicted molar refractivity (Wildman–Crippen MR) is 108 cm³/mol. The lowest BCUT2D eigenvalue weighted by Gasteiger charge is -2.34. The van der Waals surface area contributed by atoms with E-state index in [4.69, 9.17) is 0 Å². The van der Waals surface area contributed by atoms with Gasteiger partial charge >= 0.3 is 0 Å². The number of hydrogen-bond donors (Lipinski definition) is 0. The molecule has 7 heteroatoms. The third-order valence-corrected chi connectivity index (χ3v) is 7.87. The quantitative estimate of drug-likeness (QED) is 0.630. The molecule has 1 aliphatic rings. The monoisotopic (exact) mass is 444 g/mol. The number of benzene rings is 1. The number of nitrogens with zero attached hydrogens (tertiary/aromatic N) is 2. The highest BCUT2D eigenvalue weighted by Gasteiger charge is 2.28. The minimum absolute atomic E-state index is 0.0946. The van der Waals surface area contributed by atoms with Gasteiger partial charge in [-0.05, 0) is 53.9 Å². The molecular weight excluding hydrogens is 416 g/mol. The van der Waals surface area contributed by atoms with Crippen LogP contribution in [0.5, 0.6) is 0 Å². The summed E-state index contributed by atoms with van der Waals surface area (Å²) in [6, 6.07) is 4.99. The van der Waals surface area contributed by atoms with E-state index in [1.807, 2.05) is 25.7 Å². The summed E-state index contributed by atoms with van der Waals surface area (Å²) in [5.41, 5.74) is 0.422. The highest BCUT2D eigenvalue weighted by Crippen LogP contribution is 2.28. The van der Waals surface area contributed by atoms with Crippen LogP contribution in [0.25, 0.3) is 0 Å². The average Bonchev–Trinajstić information content (AvgIpc) is 2.64. The third-order valence-electron chi connectivity index (χ3n) is 5.13. The van der Waals surface area contributed by atoms with Crippen molar-refractivity contribution in [2.45, 2.75) is 63.8 Å². The Balaban J connectivity index is 2.38. The topological polar surface area (TPSA) is 57.7 Å². The minimum atomic E-state index is -3.59. The number of sulfonamides is 1. The van der Waals surface area contributed by atoms with E-state index >= 15 is 0 Å². The van der Waals surface area contributed by atoms with Gasteiger partial charge in [-0.1, -0.05) is 33.1 Å². The van der Waals surface area contributed by atoms with Gasteiger partial charge in [0.2, 0.25) is 10.0 Å². The van der Waals surface area contributed by atoms with Crippen LogP contribution in [0.1, 0.15) is 63.2 Å². The van der Waals surface area contributed by atoms with Crippen LogP contribution in [0.2, 0.25) is 0 Å². The molecule has 0 aliphatic heterocycles. The second kappa shape index (κ2) is 9.33. The summed E-state index contributed by atoms with van der Waals surface area (Å²) in [5.74, 6) is -0.0946. The fourth-order valence-corrected chi connectivity index (χ4v) is 5.56. The first-order valence-corrected chi connectivity index (χ1v) is 11.7. The van der Waals surface area contributed by atoms with E-state index in [2.05, 4.69) is 15.9 Å². The van der Waals surface area contributed by atoms with Crippen molar-refractivity contribution >= 4 is 31.9 Å². The maximum atomic E-state index is 13.2. The summed E-state index contributed by atoms with van der Waals surface area (Å²) >= 11 is 3.43. The minimum Gasteiger partial charge on any atom is -0.336 e. The summed E-state index contributed by atoms with van der Waals surface area (Å²) in [7, 11) is -3.59. The van der Waals surface area contributed by atoms with Crippen LogP contribution in [0, 0.1) is 0 Å². The Morgan fingerprint density at radius 3 is 2.23 bits per heavy atom. The molecule has 0 heterocycles. The van der Waals surface area contributed by atoms with Crippen molar-refractivity contribution in [1.29, 1.82) is 0 Å². The first kappa shape index (κ1) is 21.4. The summed E-state index contributed by atoms with van der Waals surface area (Å²) < 4.78 is 27.7.